The molecule has 0 aliphatic rings. The van der Waals surface area contributed by atoms with Crippen molar-refractivity contribution in [2.75, 3.05) is 12.8 Å². The maximum Gasteiger partial charge on any atom is 0.387 e. The van der Waals surface area contributed by atoms with Gasteiger partial charge in [-0.2, -0.15) is 8.78 Å². The molecule has 0 heterocycles. The van der Waals surface area contributed by atoms with Crippen molar-refractivity contribution in [1.82, 2.24) is 5.32 Å². The first-order valence-electron chi connectivity index (χ1n) is 6.06. The smallest absolute Gasteiger partial charge is 0.387 e. The molecular formula is C13H19F2NO3S. The van der Waals surface area contributed by atoms with Crippen LogP contribution in [0.4, 0.5) is 8.78 Å². The van der Waals surface area contributed by atoms with Crippen molar-refractivity contribution in [2.45, 2.75) is 31.8 Å². The highest BCUT2D eigenvalue weighted by Crippen LogP contribution is 2.20. The van der Waals surface area contributed by atoms with Gasteiger partial charge in [0, 0.05) is 24.9 Å². The lowest BCUT2D eigenvalue weighted by Crippen LogP contribution is -2.41. The molecule has 1 aromatic rings. The van der Waals surface area contributed by atoms with Gasteiger partial charge in [0.05, 0.1) is 4.75 Å². The van der Waals surface area contributed by atoms with Crippen LogP contribution in [-0.4, -0.2) is 32.6 Å². The highest BCUT2D eigenvalue weighted by molar-refractivity contribution is 7.92. The molecule has 1 rings (SSSR count). The Morgan fingerprint density at radius 1 is 1.30 bits per heavy atom. The van der Waals surface area contributed by atoms with E-state index in [1.54, 1.807) is 32.0 Å². The van der Waals surface area contributed by atoms with Gasteiger partial charge in [0.25, 0.3) is 0 Å². The van der Waals surface area contributed by atoms with Crippen LogP contribution in [0.2, 0.25) is 0 Å². The van der Waals surface area contributed by atoms with Crippen molar-refractivity contribution < 1.29 is 21.9 Å². The van der Waals surface area contributed by atoms with Crippen LogP contribution in [0.25, 0.3) is 0 Å². The summed E-state index contributed by atoms with van der Waals surface area (Å²) in [6, 6.07) is 6.40. The molecule has 114 valence electrons. The topological polar surface area (TPSA) is 55.4 Å². The highest BCUT2D eigenvalue weighted by atomic mass is 32.2. The van der Waals surface area contributed by atoms with Crippen LogP contribution in [0.1, 0.15) is 19.4 Å². The molecule has 1 N–H and O–H groups in total. The van der Waals surface area contributed by atoms with Gasteiger partial charge in [0.2, 0.25) is 0 Å². The zero-order valence-corrected chi connectivity index (χ0v) is 12.5. The van der Waals surface area contributed by atoms with Gasteiger partial charge in [-0.25, -0.2) is 8.42 Å². The predicted octanol–water partition coefficient (Wildman–Crippen LogP) is 2.20. The van der Waals surface area contributed by atoms with E-state index in [9.17, 15) is 17.2 Å². The summed E-state index contributed by atoms with van der Waals surface area (Å²) in [5.74, 6) is 0.0900. The minimum Gasteiger partial charge on any atom is -0.434 e. The number of sulfone groups is 1. The molecule has 0 atom stereocenters. The number of benzene rings is 1. The van der Waals surface area contributed by atoms with Crippen LogP contribution < -0.4 is 10.1 Å². The number of para-hydroxylation sites is 1. The Kier molecular flexibility index (Phi) is 5.47. The third-order valence-corrected chi connectivity index (χ3v) is 5.21. The van der Waals surface area contributed by atoms with Crippen molar-refractivity contribution in [3.05, 3.63) is 29.8 Å². The van der Waals surface area contributed by atoms with Gasteiger partial charge >= 0.3 is 6.61 Å². The Bertz CT molecular complexity index is 544. The molecule has 0 aliphatic heterocycles. The Labute approximate surface area is 118 Å². The number of hydrogen-bond acceptors (Lipinski definition) is 4. The lowest BCUT2D eigenvalue weighted by Gasteiger charge is -2.23. The van der Waals surface area contributed by atoms with Crippen LogP contribution in [0.15, 0.2) is 24.3 Å². The number of hydrogen-bond donors (Lipinski definition) is 1. The third kappa shape index (κ3) is 4.72. The van der Waals surface area contributed by atoms with Crippen molar-refractivity contribution in [3.63, 3.8) is 0 Å². The first-order chi connectivity index (χ1) is 9.13. The molecule has 7 heteroatoms. The van der Waals surface area contributed by atoms with Crippen molar-refractivity contribution >= 4 is 9.84 Å². The van der Waals surface area contributed by atoms with Crippen LogP contribution in [-0.2, 0) is 16.4 Å². The second-order valence-electron chi connectivity index (χ2n) is 5.12. The first-order valence-corrected chi connectivity index (χ1v) is 7.95. The van der Waals surface area contributed by atoms with E-state index in [0.717, 1.165) is 0 Å². The maximum atomic E-state index is 12.2. The highest BCUT2D eigenvalue weighted by Gasteiger charge is 2.29. The molecule has 0 fully saturated rings. The average molecular weight is 307 g/mol. The number of halogens is 2. The Balaban J connectivity index is 2.67. The van der Waals surface area contributed by atoms with E-state index < -0.39 is 21.2 Å². The SMILES string of the molecule is CC(C)(CNCc1ccccc1OC(F)F)S(C)(=O)=O. The standard InChI is InChI=1S/C13H19F2NO3S/c1-13(2,20(3,17)18)9-16-8-10-6-4-5-7-11(10)19-12(14)15/h4-7,12,16H,8-9H2,1-3H3. The summed E-state index contributed by atoms with van der Waals surface area (Å²) in [4.78, 5) is 0. The lowest BCUT2D eigenvalue weighted by atomic mass is 10.1. The number of alkyl halides is 2. The molecule has 0 unspecified atom stereocenters. The first kappa shape index (κ1) is 16.8. The van der Waals surface area contributed by atoms with E-state index in [1.165, 1.54) is 12.3 Å². The molecule has 1 aromatic carbocycles. The fourth-order valence-corrected chi connectivity index (χ4v) is 1.85. The van der Waals surface area contributed by atoms with Gasteiger partial charge in [0.1, 0.15) is 5.75 Å². The van der Waals surface area contributed by atoms with Crippen LogP contribution in [0, 0.1) is 0 Å². The Morgan fingerprint density at radius 3 is 2.45 bits per heavy atom. The van der Waals surface area contributed by atoms with Gasteiger partial charge in [0.15, 0.2) is 9.84 Å². The average Bonchev–Trinajstić information content (AvgIpc) is 2.29. The zero-order valence-electron chi connectivity index (χ0n) is 11.7. The van der Waals surface area contributed by atoms with E-state index in [0.29, 0.717) is 5.56 Å². The monoisotopic (exact) mass is 307 g/mol. The minimum absolute atomic E-state index is 0.0900. The summed E-state index contributed by atoms with van der Waals surface area (Å²) >= 11 is 0. The summed E-state index contributed by atoms with van der Waals surface area (Å²) in [5, 5.41) is 2.96. The Hall–Kier alpha value is -1.21. The molecule has 0 saturated heterocycles. The second-order valence-corrected chi connectivity index (χ2v) is 7.77. The van der Waals surface area contributed by atoms with Crippen LogP contribution in [0.5, 0.6) is 5.75 Å². The van der Waals surface area contributed by atoms with E-state index in [4.69, 9.17) is 0 Å². The fourth-order valence-electron chi connectivity index (χ4n) is 1.49. The van der Waals surface area contributed by atoms with Gasteiger partial charge in [-0.1, -0.05) is 18.2 Å². The molecule has 20 heavy (non-hydrogen) atoms. The predicted molar refractivity (Wildman–Crippen MR) is 73.7 cm³/mol. The number of rotatable bonds is 7. The largest absolute Gasteiger partial charge is 0.434 e. The van der Waals surface area contributed by atoms with Crippen LogP contribution >= 0.6 is 0 Å². The molecule has 0 amide bonds. The quantitative estimate of drug-likeness (QED) is 0.839. The summed E-state index contributed by atoms with van der Waals surface area (Å²) < 4.78 is 51.1. The summed E-state index contributed by atoms with van der Waals surface area (Å²) in [6.45, 7) is 0.799. The Morgan fingerprint density at radius 2 is 1.90 bits per heavy atom. The van der Waals surface area contributed by atoms with Gasteiger partial charge in [-0.3, -0.25) is 0 Å². The third-order valence-electron chi connectivity index (χ3n) is 3.06. The number of ether oxygens (including phenoxy) is 1. The van der Waals surface area contributed by atoms with E-state index in [-0.39, 0.29) is 18.8 Å². The molecule has 0 radical (unpaired) electrons. The summed E-state index contributed by atoms with van der Waals surface area (Å²) in [7, 11) is -3.20. The van der Waals surface area contributed by atoms with Crippen molar-refractivity contribution in [3.8, 4) is 5.75 Å². The second kappa shape index (κ2) is 6.49. The van der Waals surface area contributed by atoms with Crippen LogP contribution in [0.3, 0.4) is 0 Å². The van der Waals surface area contributed by atoms with Gasteiger partial charge < -0.3 is 10.1 Å². The lowest BCUT2D eigenvalue weighted by molar-refractivity contribution is -0.0505. The maximum absolute atomic E-state index is 12.2. The van der Waals surface area contributed by atoms with Gasteiger partial charge in [-0.05, 0) is 19.9 Å². The normalized spacial score (nSPS) is 12.7. The number of nitrogens with one attached hydrogen (secondary N) is 1. The van der Waals surface area contributed by atoms with Crippen molar-refractivity contribution in [2.24, 2.45) is 0 Å². The zero-order chi connectivity index (χ0) is 15.4. The van der Waals surface area contributed by atoms with Crippen molar-refractivity contribution in [1.29, 1.82) is 0 Å². The van der Waals surface area contributed by atoms with E-state index in [1.807, 2.05) is 0 Å². The molecule has 0 spiro atoms. The molecule has 4 nitrogen and oxygen atoms in total. The molecule has 0 bridgehead atoms. The van der Waals surface area contributed by atoms with Gasteiger partial charge in [-0.15, -0.1) is 0 Å². The molecular weight excluding hydrogens is 288 g/mol. The van der Waals surface area contributed by atoms with E-state index in [2.05, 4.69) is 10.1 Å². The molecule has 0 aliphatic carbocycles. The fraction of sp³-hybridized carbons (Fsp3) is 0.538. The summed E-state index contributed by atoms with van der Waals surface area (Å²) in [5.41, 5.74) is 0.553. The minimum atomic E-state index is -3.20. The van der Waals surface area contributed by atoms with E-state index >= 15 is 0 Å². The summed E-state index contributed by atoms with van der Waals surface area (Å²) in [6.07, 6.45) is 1.17. The molecule has 0 aromatic heterocycles. The molecule has 0 saturated carbocycles.